The zero-order valence-corrected chi connectivity index (χ0v) is 57.7. The number of nitrogens with two attached hydrogens (primary N) is 1. The van der Waals surface area contributed by atoms with E-state index in [4.69, 9.17) is 5.73 Å². The summed E-state index contributed by atoms with van der Waals surface area (Å²) in [7, 11) is 3.39. The van der Waals surface area contributed by atoms with Crippen molar-refractivity contribution in [2.45, 2.75) is 158 Å². The molecule has 0 unspecified atom stereocenters. The van der Waals surface area contributed by atoms with Crippen molar-refractivity contribution < 1.29 is 13.6 Å². The van der Waals surface area contributed by atoms with Gasteiger partial charge in [-0.1, -0.05) is 18.2 Å². The summed E-state index contributed by atoms with van der Waals surface area (Å²) in [5, 5.41) is 31.2. The number of halogens is 2. The van der Waals surface area contributed by atoms with Gasteiger partial charge in [0.1, 0.15) is 40.5 Å². The van der Waals surface area contributed by atoms with Gasteiger partial charge in [0.05, 0.1) is 83.0 Å². The average Bonchev–Trinajstić information content (AvgIpc) is 1.67. The number of aromatic amines is 2. The van der Waals surface area contributed by atoms with Crippen molar-refractivity contribution in [1.29, 1.82) is 0 Å². The van der Waals surface area contributed by atoms with E-state index in [0.29, 0.717) is 44.5 Å². The monoisotopic (exact) mass is 1320 g/mol. The molecule has 0 aliphatic rings. The number of imidazole rings is 3. The maximum absolute atomic E-state index is 13.7. The van der Waals surface area contributed by atoms with Gasteiger partial charge in [-0.15, -0.1) is 5.10 Å². The first kappa shape index (κ1) is 70.9. The molecule has 13 rings (SSSR count). The number of carbonyl (C=O) groups is 1. The van der Waals surface area contributed by atoms with E-state index >= 15 is 0 Å². The molecule has 506 valence electrons. The molecular formula is C65H83F2N25O4. The Morgan fingerprint density at radius 2 is 1.01 bits per heavy atom. The van der Waals surface area contributed by atoms with Crippen LogP contribution in [0.15, 0.2) is 120 Å². The number of nitrogen functional groups attached to an aromatic ring is 1. The second kappa shape index (κ2) is 27.1. The molecule has 29 nitrogen and oxygen atoms in total. The van der Waals surface area contributed by atoms with Gasteiger partial charge in [0, 0.05) is 59.7 Å². The van der Waals surface area contributed by atoms with Crippen molar-refractivity contribution in [3.8, 4) is 0 Å². The lowest BCUT2D eigenvalue weighted by molar-refractivity contribution is 0.102. The van der Waals surface area contributed by atoms with Crippen molar-refractivity contribution >= 4 is 89.6 Å². The summed E-state index contributed by atoms with van der Waals surface area (Å²) in [6.45, 7) is 36.6. The number of rotatable bonds is 3. The third-order valence-corrected chi connectivity index (χ3v) is 14.6. The first-order chi connectivity index (χ1) is 44.7. The van der Waals surface area contributed by atoms with Crippen LogP contribution in [0.1, 0.15) is 135 Å². The molecule has 0 saturated carbocycles. The third kappa shape index (κ3) is 15.5. The summed E-state index contributed by atoms with van der Waals surface area (Å²) in [6.07, 6.45) is 18.7. The molecule has 0 spiro atoms. The van der Waals surface area contributed by atoms with Crippen LogP contribution in [0, 0.1) is 11.6 Å². The summed E-state index contributed by atoms with van der Waals surface area (Å²) in [4.78, 5) is 79.8. The van der Waals surface area contributed by atoms with Gasteiger partial charge >= 0.3 is 0 Å². The average molecular weight is 1320 g/mol. The number of carbonyl (C=O) groups excluding carboxylic acids is 1. The second-order valence-electron chi connectivity index (χ2n) is 28.3. The Kier molecular flexibility index (Phi) is 20.0. The van der Waals surface area contributed by atoms with Crippen LogP contribution in [-0.4, -0.2) is 121 Å². The molecule has 0 aliphatic heterocycles. The summed E-state index contributed by atoms with van der Waals surface area (Å²) in [5.74, 6) is 0.196. The van der Waals surface area contributed by atoms with Gasteiger partial charge in [-0.2, -0.15) is 20.4 Å². The minimum Gasteiger partial charge on any atom is -0.383 e. The minimum absolute atomic E-state index is 0.0197. The van der Waals surface area contributed by atoms with Crippen molar-refractivity contribution in [1.82, 2.24) is 108 Å². The number of hydrogen-bond donors (Lipinski definition) is 5. The van der Waals surface area contributed by atoms with Crippen LogP contribution in [-0.2, 0) is 40.3 Å². The number of nitrogens with zero attached hydrogens (tertiary/aromatic N) is 20. The number of amides is 1. The Morgan fingerprint density at radius 1 is 0.510 bits per heavy atom. The number of aryl methyl sites for hydroxylation is 1. The maximum atomic E-state index is 13.7. The van der Waals surface area contributed by atoms with Gasteiger partial charge in [0.2, 0.25) is 0 Å². The summed E-state index contributed by atoms with van der Waals surface area (Å²) < 4.78 is 39.8. The highest BCUT2D eigenvalue weighted by molar-refractivity contribution is 6.07. The first-order valence-corrected chi connectivity index (χ1v) is 30.5. The van der Waals surface area contributed by atoms with Gasteiger partial charge < -0.3 is 43.8 Å². The highest BCUT2D eigenvalue weighted by Gasteiger charge is 2.25. The van der Waals surface area contributed by atoms with Crippen molar-refractivity contribution in [3.05, 3.63) is 154 Å². The van der Waals surface area contributed by atoms with Gasteiger partial charge in [-0.3, -0.25) is 23.9 Å². The topological polar surface area (TPSA) is 352 Å². The lowest BCUT2D eigenvalue weighted by Gasteiger charge is -2.21. The molecule has 13 aromatic rings. The molecule has 1 aromatic carbocycles. The van der Waals surface area contributed by atoms with E-state index in [2.05, 4.69) is 149 Å². The van der Waals surface area contributed by atoms with Crippen LogP contribution in [0.5, 0.6) is 0 Å². The molecule has 31 heteroatoms. The molecule has 1 amide bonds. The van der Waals surface area contributed by atoms with Crippen molar-refractivity contribution in [2.75, 3.05) is 23.4 Å². The Labute approximate surface area is 550 Å². The Morgan fingerprint density at radius 3 is 1.58 bits per heavy atom. The van der Waals surface area contributed by atoms with Crippen LogP contribution in [0.4, 0.5) is 26.2 Å². The second-order valence-corrected chi connectivity index (χ2v) is 28.3. The highest BCUT2D eigenvalue weighted by atomic mass is 19.1. The number of benzene rings is 1. The predicted molar refractivity (Wildman–Crippen MR) is 368 cm³/mol. The van der Waals surface area contributed by atoms with Crippen LogP contribution >= 0.6 is 0 Å². The number of H-pyrrole nitrogens is 2. The SMILES string of the molecule is CC(C)(C)n1cc(F)c2c(N)ncnc21.CC(C)(C)n1cnc2c(=O)[nH]ncc21.CC(C)(C)n1cnc2c(NC(=O)c3ccccc3)nncc21.CC(C)(C)n1ncc2c(=O)[nH]ncc21.CNc1ncnc2c1ncn2C(C)(C)C.Cn1cnc2c(c(F)cn2C(C)(C)C)c1=O. The highest BCUT2D eigenvalue weighted by Crippen LogP contribution is 2.30. The molecule has 96 heavy (non-hydrogen) atoms. The van der Waals surface area contributed by atoms with E-state index in [-0.39, 0.29) is 72.8 Å². The van der Waals surface area contributed by atoms with E-state index in [9.17, 15) is 28.0 Å². The van der Waals surface area contributed by atoms with Gasteiger partial charge in [0.15, 0.2) is 40.1 Å². The Hall–Kier alpha value is -11.0. The van der Waals surface area contributed by atoms with Gasteiger partial charge in [-0.05, 0) is 137 Å². The van der Waals surface area contributed by atoms with Crippen LogP contribution in [0.2, 0.25) is 0 Å². The fourth-order valence-electron chi connectivity index (χ4n) is 9.77. The summed E-state index contributed by atoms with van der Waals surface area (Å²) in [5.41, 5.74) is 10.5. The minimum atomic E-state index is -0.515. The zero-order valence-electron chi connectivity index (χ0n) is 57.7. The normalized spacial score (nSPS) is 12.1. The summed E-state index contributed by atoms with van der Waals surface area (Å²) in [6, 6.07) is 8.99. The molecule has 0 saturated heterocycles. The van der Waals surface area contributed by atoms with E-state index in [1.807, 2.05) is 101 Å². The molecule has 12 aromatic heterocycles. The molecule has 0 bridgehead atoms. The third-order valence-electron chi connectivity index (χ3n) is 14.6. The van der Waals surface area contributed by atoms with Gasteiger partial charge in [-0.25, -0.2) is 58.9 Å². The standard InChI is InChI=1S/C16H17N5O.C11H14FN3O.C10H13FN4.C10H15N5.2C9H12N4O/c1-16(2,3)21-10-17-13-12(21)9-18-20-14(13)19-15(22)11-7-5-4-6-8-11;1-11(2,3)15-5-7(12)8-9(15)13-6-14(4)10(8)16;1-10(2,3)15-4-6(11)7-8(12)13-5-14-9(7)15;1-10(2,3)15-6-14-7-8(11-4)12-5-13-9(7)15;1-9(2,3)13-5-10-7-6(13)4-11-12-8(7)14;1-9(2,3)13-7-5-10-12-8(14)6(7)4-11-13/h4-10H,1-3H3,(H,19,20,22);5-6H,1-4H3;4-5H,1-3H3,(H2,12,13,14);5-6H,1-4H3,(H,11,12,13);2*4-5H,1-3H3,(H,12,14). The largest absolute Gasteiger partial charge is 0.383 e. The Bertz CT molecular complexity index is 4990. The molecule has 0 aliphatic carbocycles. The smallest absolute Gasteiger partial charge is 0.292 e. The van der Waals surface area contributed by atoms with Crippen LogP contribution in [0.3, 0.4) is 0 Å². The predicted octanol–water partition coefficient (Wildman–Crippen LogP) is 9.74. The zero-order chi connectivity index (χ0) is 70.8. The molecule has 12 heterocycles. The summed E-state index contributed by atoms with van der Waals surface area (Å²) >= 11 is 0. The fourth-order valence-corrected chi connectivity index (χ4v) is 9.77. The number of nitrogens with one attached hydrogen (secondary N) is 4. The first-order valence-electron chi connectivity index (χ1n) is 30.5. The number of aromatic nitrogens is 22. The number of hydrogen-bond acceptors (Lipinski definition) is 19. The Balaban J connectivity index is 0.000000149. The van der Waals surface area contributed by atoms with Crippen LogP contribution in [0.25, 0.3) is 66.2 Å². The molecule has 6 N–H and O–H groups in total. The maximum Gasteiger partial charge on any atom is 0.292 e. The number of anilines is 3. The van der Waals surface area contributed by atoms with Crippen molar-refractivity contribution in [2.24, 2.45) is 7.05 Å². The van der Waals surface area contributed by atoms with E-state index in [1.54, 1.807) is 83.1 Å². The molecular weight excluding hydrogens is 1230 g/mol. The number of fused-ring (bicyclic) bond motifs is 6. The van der Waals surface area contributed by atoms with E-state index < -0.39 is 5.82 Å². The lowest BCUT2D eigenvalue weighted by Crippen LogP contribution is -2.23. The fraction of sp³-hybridized carbons (Fsp3) is 0.400. The van der Waals surface area contributed by atoms with E-state index in [0.717, 1.165) is 33.5 Å². The van der Waals surface area contributed by atoms with Crippen LogP contribution < -0.4 is 33.0 Å². The van der Waals surface area contributed by atoms with Crippen molar-refractivity contribution in [3.63, 3.8) is 0 Å². The molecule has 0 radical (unpaired) electrons. The quantitative estimate of drug-likeness (QED) is 0.110. The lowest BCUT2D eigenvalue weighted by atomic mass is 10.1. The molecule has 0 fully saturated rings. The van der Waals surface area contributed by atoms with Gasteiger partial charge in [0.25, 0.3) is 22.6 Å². The molecule has 0 atom stereocenters. The van der Waals surface area contributed by atoms with E-state index in [1.165, 1.54) is 29.6 Å².